The number of rotatable bonds is 5. The van der Waals surface area contributed by atoms with Gasteiger partial charge in [-0.1, -0.05) is 6.42 Å². The summed E-state index contributed by atoms with van der Waals surface area (Å²) in [5, 5.41) is 10.8. The molecule has 0 aliphatic heterocycles. The monoisotopic (exact) mass is 300 g/mol. The Hall–Kier alpha value is -1.71. The van der Waals surface area contributed by atoms with Gasteiger partial charge in [-0.3, -0.25) is 16.0 Å². The zero-order valence-electron chi connectivity index (χ0n) is 10.9. The molecular weight excluding hydrogens is 284 g/mol. The van der Waals surface area contributed by atoms with Crippen LogP contribution in [-0.2, 0) is 10.0 Å². The molecule has 3 N–H and O–H groups in total. The van der Waals surface area contributed by atoms with Crippen LogP contribution < -0.4 is 11.3 Å². The fourth-order valence-corrected chi connectivity index (χ4v) is 3.65. The maximum absolute atomic E-state index is 12.5. The molecule has 1 saturated carbocycles. The molecule has 0 radical (unpaired) electrons. The Balaban J connectivity index is 2.48. The van der Waals surface area contributed by atoms with Crippen molar-refractivity contribution < 1.29 is 13.3 Å². The first-order valence-electron chi connectivity index (χ1n) is 6.11. The van der Waals surface area contributed by atoms with Crippen molar-refractivity contribution in [1.29, 1.82) is 0 Å². The molecule has 0 spiro atoms. The minimum absolute atomic E-state index is 0.0510. The molecule has 1 aromatic carbocycles. The minimum atomic E-state index is -3.81. The number of hydrogen-bond acceptors (Lipinski definition) is 6. The van der Waals surface area contributed by atoms with Crippen molar-refractivity contribution in [2.75, 3.05) is 12.5 Å². The van der Waals surface area contributed by atoms with Crippen molar-refractivity contribution in [1.82, 2.24) is 4.31 Å². The lowest BCUT2D eigenvalue weighted by Gasteiger charge is -2.34. The van der Waals surface area contributed by atoms with Crippen molar-refractivity contribution in [3.8, 4) is 0 Å². The number of nitro benzene ring substituents is 1. The molecule has 9 heteroatoms. The van der Waals surface area contributed by atoms with Crippen molar-refractivity contribution in [2.24, 2.45) is 5.84 Å². The summed E-state index contributed by atoms with van der Waals surface area (Å²) in [5.41, 5.74) is 2.12. The van der Waals surface area contributed by atoms with Crippen LogP contribution in [0.15, 0.2) is 23.1 Å². The first-order valence-corrected chi connectivity index (χ1v) is 7.55. The van der Waals surface area contributed by atoms with Crippen LogP contribution >= 0.6 is 0 Å². The topological polar surface area (TPSA) is 119 Å². The Morgan fingerprint density at radius 1 is 1.45 bits per heavy atom. The number of sulfonamides is 1. The molecule has 1 aromatic rings. The number of nitro groups is 1. The highest BCUT2D eigenvalue weighted by atomic mass is 32.2. The Kier molecular flexibility index (Phi) is 3.93. The van der Waals surface area contributed by atoms with E-state index in [9.17, 15) is 18.5 Å². The number of nitrogens with two attached hydrogens (primary N) is 1. The Labute approximate surface area is 116 Å². The summed E-state index contributed by atoms with van der Waals surface area (Å²) < 4.78 is 26.3. The van der Waals surface area contributed by atoms with Crippen LogP contribution in [0.3, 0.4) is 0 Å². The normalized spacial score (nSPS) is 15.9. The van der Waals surface area contributed by atoms with Crippen LogP contribution in [0.5, 0.6) is 0 Å². The predicted molar refractivity (Wildman–Crippen MR) is 73.5 cm³/mol. The first kappa shape index (κ1) is 14.7. The molecule has 1 fully saturated rings. The third kappa shape index (κ3) is 2.47. The van der Waals surface area contributed by atoms with E-state index in [0.29, 0.717) is 0 Å². The van der Waals surface area contributed by atoms with Crippen molar-refractivity contribution >= 4 is 21.4 Å². The lowest BCUT2D eigenvalue weighted by molar-refractivity contribution is -0.385. The highest BCUT2D eigenvalue weighted by Gasteiger charge is 2.34. The molecule has 0 aromatic heterocycles. The number of nitrogen functional groups attached to an aromatic ring is 1. The highest BCUT2D eigenvalue weighted by molar-refractivity contribution is 7.89. The van der Waals surface area contributed by atoms with E-state index in [-0.39, 0.29) is 22.3 Å². The van der Waals surface area contributed by atoms with Gasteiger partial charge < -0.3 is 5.43 Å². The van der Waals surface area contributed by atoms with Gasteiger partial charge >= 0.3 is 0 Å². The van der Waals surface area contributed by atoms with Gasteiger partial charge in [0.15, 0.2) is 0 Å². The second-order valence-electron chi connectivity index (χ2n) is 4.69. The van der Waals surface area contributed by atoms with Gasteiger partial charge in [-0.15, -0.1) is 0 Å². The molecule has 0 heterocycles. The molecule has 20 heavy (non-hydrogen) atoms. The molecule has 0 amide bonds. The van der Waals surface area contributed by atoms with Crippen LogP contribution in [-0.4, -0.2) is 30.7 Å². The predicted octanol–water partition coefficient (Wildman–Crippen LogP) is 1.05. The van der Waals surface area contributed by atoms with E-state index in [4.69, 9.17) is 5.84 Å². The van der Waals surface area contributed by atoms with E-state index < -0.39 is 14.9 Å². The van der Waals surface area contributed by atoms with Gasteiger partial charge in [0.25, 0.3) is 5.69 Å². The van der Waals surface area contributed by atoms with E-state index in [0.717, 1.165) is 25.3 Å². The van der Waals surface area contributed by atoms with Gasteiger partial charge in [0.05, 0.1) is 10.6 Å². The van der Waals surface area contributed by atoms with Crippen LogP contribution in [0.25, 0.3) is 0 Å². The van der Waals surface area contributed by atoms with Gasteiger partial charge in [-0.25, -0.2) is 8.42 Å². The molecule has 110 valence electrons. The third-order valence-electron chi connectivity index (χ3n) is 3.58. The van der Waals surface area contributed by atoms with Crippen molar-refractivity contribution in [3.05, 3.63) is 28.3 Å². The Bertz CT molecular complexity index is 627. The first-order chi connectivity index (χ1) is 9.37. The minimum Gasteiger partial charge on any atom is -0.323 e. The number of benzene rings is 1. The Morgan fingerprint density at radius 2 is 2.10 bits per heavy atom. The highest BCUT2D eigenvalue weighted by Crippen LogP contribution is 2.32. The van der Waals surface area contributed by atoms with Crippen LogP contribution in [0, 0.1) is 10.1 Å². The second-order valence-corrected chi connectivity index (χ2v) is 6.65. The third-order valence-corrected chi connectivity index (χ3v) is 5.53. The lowest BCUT2D eigenvalue weighted by atomic mass is 9.94. The number of anilines is 1. The van der Waals surface area contributed by atoms with Gasteiger partial charge in [-0.2, -0.15) is 4.31 Å². The van der Waals surface area contributed by atoms with Gasteiger partial charge in [0, 0.05) is 25.2 Å². The standard InChI is InChI=1S/C11H16N4O4S/c1-14(8-3-2-4-8)20(18,19)11-7-9(15(16)17)5-6-10(11)13-12/h5-8,13H,2-4,12H2,1H3. The summed E-state index contributed by atoms with van der Waals surface area (Å²) in [5.74, 6) is 5.29. The van der Waals surface area contributed by atoms with Crippen LogP contribution in [0.4, 0.5) is 11.4 Å². The summed E-state index contributed by atoms with van der Waals surface area (Å²) in [4.78, 5) is 9.98. The number of non-ortho nitro benzene ring substituents is 1. The van der Waals surface area contributed by atoms with Gasteiger partial charge in [0.2, 0.25) is 10.0 Å². The fourth-order valence-electron chi connectivity index (χ4n) is 2.06. The quantitative estimate of drug-likeness (QED) is 0.476. The van der Waals surface area contributed by atoms with Crippen molar-refractivity contribution in [2.45, 2.75) is 30.2 Å². The average molecular weight is 300 g/mol. The molecule has 2 rings (SSSR count). The van der Waals surface area contributed by atoms with Crippen molar-refractivity contribution in [3.63, 3.8) is 0 Å². The maximum atomic E-state index is 12.5. The van der Waals surface area contributed by atoms with Crippen LogP contribution in [0.1, 0.15) is 19.3 Å². The van der Waals surface area contributed by atoms with E-state index in [2.05, 4.69) is 5.43 Å². The molecule has 0 bridgehead atoms. The molecule has 1 aliphatic carbocycles. The molecule has 8 nitrogen and oxygen atoms in total. The average Bonchev–Trinajstić information content (AvgIpc) is 2.35. The zero-order chi connectivity index (χ0) is 14.9. The summed E-state index contributed by atoms with van der Waals surface area (Å²) in [6.07, 6.45) is 2.59. The van der Waals surface area contributed by atoms with E-state index in [1.165, 1.54) is 23.5 Å². The summed E-state index contributed by atoms with van der Waals surface area (Å²) in [6.45, 7) is 0. The number of nitrogens with zero attached hydrogens (tertiary/aromatic N) is 2. The second kappa shape index (κ2) is 5.35. The molecule has 0 saturated heterocycles. The molecular formula is C11H16N4O4S. The van der Waals surface area contributed by atoms with Gasteiger partial charge in [0.1, 0.15) is 4.90 Å². The summed E-state index contributed by atoms with van der Waals surface area (Å²) in [7, 11) is -2.33. The van der Waals surface area contributed by atoms with Crippen LogP contribution in [0.2, 0.25) is 0 Å². The number of hydrogen-bond donors (Lipinski definition) is 2. The maximum Gasteiger partial charge on any atom is 0.270 e. The molecule has 1 aliphatic rings. The van der Waals surface area contributed by atoms with E-state index >= 15 is 0 Å². The SMILES string of the molecule is CN(C1CCC1)S(=O)(=O)c1cc([N+](=O)[O-])ccc1NN. The smallest absolute Gasteiger partial charge is 0.270 e. The summed E-state index contributed by atoms with van der Waals surface area (Å²) in [6, 6.07) is 3.47. The van der Waals surface area contributed by atoms with E-state index in [1.807, 2.05) is 0 Å². The molecule has 0 unspecified atom stereocenters. The molecule has 0 atom stereocenters. The van der Waals surface area contributed by atoms with Gasteiger partial charge in [-0.05, 0) is 18.9 Å². The van der Waals surface area contributed by atoms with E-state index in [1.54, 1.807) is 0 Å². The Morgan fingerprint density at radius 3 is 2.55 bits per heavy atom. The number of nitrogens with one attached hydrogen (secondary N) is 1. The lowest BCUT2D eigenvalue weighted by Crippen LogP contribution is -2.41. The zero-order valence-corrected chi connectivity index (χ0v) is 11.8. The fraction of sp³-hybridized carbons (Fsp3) is 0.455. The summed E-state index contributed by atoms with van der Waals surface area (Å²) >= 11 is 0. The number of hydrazine groups is 1. The largest absolute Gasteiger partial charge is 0.323 e.